The Hall–Kier alpha value is -2.93. The van der Waals surface area contributed by atoms with Crippen LogP contribution in [0.3, 0.4) is 0 Å². The number of piperidine rings is 1. The molecule has 2 fully saturated rings. The van der Waals surface area contributed by atoms with Crippen molar-refractivity contribution in [1.82, 2.24) is 4.90 Å². The first-order valence-corrected chi connectivity index (χ1v) is 12.8. The largest absolute Gasteiger partial charge is 0.450 e. The Morgan fingerprint density at radius 3 is 2.41 bits per heavy atom. The predicted molar refractivity (Wildman–Crippen MR) is 136 cm³/mol. The summed E-state index contributed by atoms with van der Waals surface area (Å²) in [5.74, 6) is 5.94. The second-order valence-electron chi connectivity index (χ2n) is 10.1. The van der Waals surface area contributed by atoms with Gasteiger partial charge >= 0.3 is 6.09 Å². The zero-order valence-corrected chi connectivity index (χ0v) is 21.1. The Balaban J connectivity index is 1.48. The predicted octanol–water partition coefficient (Wildman–Crippen LogP) is 1.71. The van der Waals surface area contributed by atoms with Gasteiger partial charge in [0.25, 0.3) is 0 Å². The number of aryl methyl sites for hydroxylation is 1. The number of hydrogen-bond donors (Lipinski definition) is 4. The molecule has 37 heavy (non-hydrogen) atoms. The number of ether oxygens (including phenoxy) is 2. The van der Waals surface area contributed by atoms with Crippen LogP contribution in [0.15, 0.2) is 36.4 Å². The van der Waals surface area contributed by atoms with E-state index in [9.17, 15) is 25.2 Å². The SMILES string of the molecule is CCOC(=O)N1CCC2(CC1)c1cc(C)ccc1-c1ccc(C#C[C@H]3O[C@H](CO)[C@@H](O)[C@H](O)[C@@H]3O)cc12. The summed E-state index contributed by atoms with van der Waals surface area (Å²) in [6.45, 7) is 4.93. The van der Waals surface area contributed by atoms with Gasteiger partial charge in [-0.05, 0) is 61.1 Å². The summed E-state index contributed by atoms with van der Waals surface area (Å²) in [4.78, 5) is 14.1. The van der Waals surface area contributed by atoms with Crippen LogP contribution in [0.5, 0.6) is 0 Å². The third-order valence-corrected chi connectivity index (χ3v) is 7.91. The first kappa shape index (κ1) is 25.7. The van der Waals surface area contributed by atoms with Gasteiger partial charge in [-0.15, -0.1) is 0 Å². The van der Waals surface area contributed by atoms with Crippen LogP contribution in [0.25, 0.3) is 11.1 Å². The number of benzene rings is 2. The fourth-order valence-electron chi connectivity index (χ4n) is 5.89. The van der Waals surface area contributed by atoms with Gasteiger partial charge in [0.15, 0.2) is 0 Å². The Bertz CT molecular complexity index is 1240. The van der Waals surface area contributed by atoms with Gasteiger partial charge in [0.2, 0.25) is 0 Å². The van der Waals surface area contributed by atoms with E-state index >= 15 is 0 Å². The van der Waals surface area contributed by atoms with Gasteiger partial charge in [-0.3, -0.25) is 0 Å². The molecule has 2 aromatic carbocycles. The van der Waals surface area contributed by atoms with Crippen molar-refractivity contribution in [2.75, 3.05) is 26.3 Å². The highest BCUT2D eigenvalue weighted by molar-refractivity contribution is 5.82. The molecule has 2 saturated heterocycles. The third kappa shape index (κ3) is 4.41. The van der Waals surface area contributed by atoms with Crippen molar-refractivity contribution in [2.45, 2.75) is 62.6 Å². The van der Waals surface area contributed by atoms with Crippen LogP contribution in [-0.4, -0.2) is 88.2 Å². The maximum Gasteiger partial charge on any atom is 0.409 e. The van der Waals surface area contributed by atoms with E-state index in [1.165, 1.54) is 16.7 Å². The van der Waals surface area contributed by atoms with Gasteiger partial charge in [0.05, 0.1) is 13.2 Å². The summed E-state index contributed by atoms with van der Waals surface area (Å²) in [7, 11) is 0. The number of fused-ring (bicyclic) bond motifs is 5. The van der Waals surface area contributed by atoms with Gasteiger partial charge in [0, 0.05) is 24.1 Å². The minimum atomic E-state index is -1.46. The van der Waals surface area contributed by atoms with E-state index in [1.54, 1.807) is 4.90 Å². The topological polar surface area (TPSA) is 120 Å². The fourth-order valence-corrected chi connectivity index (χ4v) is 5.89. The van der Waals surface area contributed by atoms with Crippen molar-refractivity contribution in [3.63, 3.8) is 0 Å². The number of amides is 1. The third-order valence-electron chi connectivity index (χ3n) is 7.91. The van der Waals surface area contributed by atoms with E-state index in [-0.39, 0.29) is 11.5 Å². The first-order valence-electron chi connectivity index (χ1n) is 12.8. The van der Waals surface area contributed by atoms with Crippen LogP contribution < -0.4 is 0 Å². The zero-order chi connectivity index (χ0) is 26.3. The summed E-state index contributed by atoms with van der Waals surface area (Å²) in [5, 5.41) is 39.9. The molecule has 8 nitrogen and oxygen atoms in total. The summed E-state index contributed by atoms with van der Waals surface area (Å²) in [6, 6.07) is 12.6. The highest BCUT2D eigenvalue weighted by Crippen LogP contribution is 2.54. The molecule has 8 heteroatoms. The summed E-state index contributed by atoms with van der Waals surface area (Å²) >= 11 is 0. The molecule has 0 unspecified atom stereocenters. The molecule has 196 valence electrons. The molecule has 0 radical (unpaired) electrons. The Labute approximate surface area is 216 Å². The molecule has 0 saturated carbocycles. The summed E-state index contributed by atoms with van der Waals surface area (Å²) in [6.07, 6.45) is -5.08. The average Bonchev–Trinajstić information content (AvgIpc) is 3.15. The number of aliphatic hydroxyl groups excluding tert-OH is 4. The van der Waals surface area contributed by atoms with E-state index < -0.39 is 37.1 Å². The van der Waals surface area contributed by atoms with Gasteiger partial charge in [-0.25, -0.2) is 4.79 Å². The van der Waals surface area contributed by atoms with Crippen molar-refractivity contribution >= 4 is 6.09 Å². The average molecular weight is 508 g/mol. The standard InChI is InChI=1S/C29H33NO7/c1-3-36-28(35)30-12-10-29(11-13-30)21-14-17(2)4-7-19(21)20-8-5-18(15-22(20)29)6-9-23-25(32)27(34)26(33)24(16-31)37-23/h4-5,7-8,14-15,23-27,31-34H,3,10-13,16H2,1-2H3/t23-,24-,25-,26-,27-/m1/s1. The van der Waals surface area contributed by atoms with Gasteiger partial charge in [-0.2, -0.15) is 0 Å². The van der Waals surface area contributed by atoms with Crippen molar-refractivity contribution in [2.24, 2.45) is 0 Å². The smallest absolute Gasteiger partial charge is 0.409 e. The molecule has 0 bridgehead atoms. The Morgan fingerprint density at radius 1 is 1.05 bits per heavy atom. The van der Waals surface area contributed by atoms with Crippen molar-refractivity contribution in [3.05, 3.63) is 58.7 Å². The summed E-state index contributed by atoms with van der Waals surface area (Å²) in [5.41, 5.74) is 6.44. The van der Waals surface area contributed by atoms with Crippen LogP contribution >= 0.6 is 0 Å². The van der Waals surface area contributed by atoms with Crippen LogP contribution in [0.1, 0.15) is 42.0 Å². The highest BCUT2D eigenvalue weighted by Gasteiger charge is 2.46. The molecule has 5 atom stereocenters. The molecule has 1 aliphatic carbocycles. The number of carbonyl (C=O) groups is 1. The number of likely N-dealkylation sites (tertiary alicyclic amines) is 1. The lowest BCUT2D eigenvalue weighted by molar-refractivity contribution is -0.214. The second kappa shape index (κ2) is 10.1. The van der Waals surface area contributed by atoms with Crippen molar-refractivity contribution in [1.29, 1.82) is 0 Å². The molecule has 2 heterocycles. The number of carbonyl (C=O) groups excluding carboxylic acids is 1. The van der Waals surface area contributed by atoms with E-state index in [0.29, 0.717) is 19.7 Å². The van der Waals surface area contributed by atoms with E-state index in [2.05, 4.69) is 49.1 Å². The molecule has 3 aliphatic rings. The molecule has 1 amide bonds. The van der Waals surface area contributed by atoms with Crippen molar-refractivity contribution < 1.29 is 34.7 Å². The number of hydrogen-bond acceptors (Lipinski definition) is 7. The number of rotatable bonds is 2. The van der Waals surface area contributed by atoms with Gasteiger partial charge in [0.1, 0.15) is 30.5 Å². The number of nitrogens with zero attached hydrogens (tertiary/aromatic N) is 1. The minimum Gasteiger partial charge on any atom is -0.450 e. The molecular weight excluding hydrogens is 474 g/mol. The van der Waals surface area contributed by atoms with Crippen LogP contribution in [0, 0.1) is 18.8 Å². The maximum absolute atomic E-state index is 12.4. The molecule has 2 aliphatic heterocycles. The van der Waals surface area contributed by atoms with Crippen LogP contribution in [0.4, 0.5) is 4.79 Å². The minimum absolute atomic E-state index is 0.249. The highest BCUT2D eigenvalue weighted by atomic mass is 16.6. The molecule has 1 spiro atoms. The fraction of sp³-hybridized carbons (Fsp3) is 0.483. The van der Waals surface area contributed by atoms with Crippen LogP contribution in [-0.2, 0) is 14.9 Å². The monoisotopic (exact) mass is 507 g/mol. The quantitative estimate of drug-likeness (QED) is 0.457. The van der Waals surface area contributed by atoms with E-state index in [1.807, 2.05) is 13.0 Å². The summed E-state index contributed by atoms with van der Waals surface area (Å²) < 4.78 is 10.8. The van der Waals surface area contributed by atoms with Gasteiger partial charge < -0.3 is 34.8 Å². The second-order valence-corrected chi connectivity index (χ2v) is 10.1. The van der Waals surface area contributed by atoms with Crippen LogP contribution in [0.2, 0.25) is 0 Å². The van der Waals surface area contributed by atoms with E-state index in [4.69, 9.17) is 9.47 Å². The van der Waals surface area contributed by atoms with Crippen molar-refractivity contribution in [3.8, 4) is 23.0 Å². The molecule has 4 N–H and O–H groups in total. The molecule has 2 aromatic rings. The van der Waals surface area contributed by atoms with E-state index in [0.717, 1.165) is 29.5 Å². The Morgan fingerprint density at radius 2 is 1.73 bits per heavy atom. The molecule has 0 aromatic heterocycles. The molecule has 5 rings (SSSR count). The lowest BCUT2D eigenvalue weighted by Gasteiger charge is -2.40. The lowest BCUT2D eigenvalue weighted by atomic mass is 9.70. The number of aliphatic hydroxyl groups is 4. The molecular formula is C29H33NO7. The lowest BCUT2D eigenvalue weighted by Crippen LogP contribution is -2.58. The first-order chi connectivity index (χ1) is 17.8. The zero-order valence-electron chi connectivity index (χ0n) is 21.1. The maximum atomic E-state index is 12.4. The normalized spacial score (nSPS) is 27.7. The van der Waals surface area contributed by atoms with Gasteiger partial charge in [-0.1, -0.05) is 41.7 Å². The Kier molecular flexibility index (Phi) is 7.01.